The lowest BCUT2D eigenvalue weighted by atomic mass is 9.86. The summed E-state index contributed by atoms with van der Waals surface area (Å²) in [4.78, 5) is 4.36. The Hall–Kier alpha value is -0.900. The van der Waals surface area contributed by atoms with Crippen LogP contribution in [0.5, 0.6) is 0 Å². The van der Waals surface area contributed by atoms with Crippen LogP contribution in [-0.2, 0) is 6.42 Å². The smallest absolute Gasteiger partial charge is 0.226 e. The molecule has 4 heteroatoms. The topological polar surface area (TPSA) is 64.9 Å². The van der Waals surface area contributed by atoms with Crippen LogP contribution in [0.2, 0.25) is 0 Å². The molecule has 1 unspecified atom stereocenters. The minimum absolute atomic E-state index is 0.0813. The lowest BCUT2D eigenvalue weighted by molar-refractivity contribution is 0.313. The van der Waals surface area contributed by atoms with Crippen LogP contribution in [0.4, 0.5) is 0 Å². The number of hydrogen-bond donors (Lipinski definition) is 1. The van der Waals surface area contributed by atoms with E-state index in [4.69, 9.17) is 10.3 Å². The van der Waals surface area contributed by atoms with Gasteiger partial charge in [-0.15, -0.1) is 0 Å². The van der Waals surface area contributed by atoms with Crippen molar-refractivity contribution < 1.29 is 4.52 Å². The molecule has 0 amide bonds. The highest BCUT2D eigenvalue weighted by Gasteiger charge is 2.16. The van der Waals surface area contributed by atoms with Crippen LogP contribution >= 0.6 is 0 Å². The SMILES string of the molecule is CCC(N)c1noc(CCC2CCCCC2)n1. The van der Waals surface area contributed by atoms with Gasteiger partial charge in [0.05, 0.1) is 6.04 Å². The minimum atomic E-state index is -0.0813. The molecule has 0 saturated heterocycles. The van der Waals surface area contributed by atoms with Gasteiger partial charge in [-0.3, -0.25) is 0 Å². The molecular formula is C13H23N3O. The van der Waals surface area contributed by atoms with Crippen molar-refractivity contribution >= 4 is 0 Å². The van der Waals surface area contributed by atoms with Gasteiger partial charge in [0.2, 0.25) is 5.89 Å². The van der Waals surface area contributed by atoms with Crippen molar-refractivity contribution in [3.05, 3.63) is 11.7 Å². The summed E-state index contributed by atoms with van der Waals surface area (Å²) < 4.78 is 5.24. The molecule has 0 spiro atoms. The Bertz CT molecular complexity index is 331. The lowest BCUT2D eigenvalue weighted by Gasteiger charge is -2.20. The van der Waals surface area contributed by atoms with E-state index < -0.39 is 0 Å². The summed E-state index contributed by atoms with van der Waals surface area (Å²) >= 11 is 0. The van der Waals surface area contributed by atoms with Crippen molar-refractivity contribution in [1.29, 1.82) is 0 Å². The molecule has 1 heterocycles. The third-order valence-corrected chi connectivity index (χ3v) is 3.75. The van der Waals surface area contributed by atoms with Gasteiger partial charge in [-0.1, -0.05) is 44.2 Å². The fourth-order valence-electron chi connectivity index (χ4n) is 2.51. The van der Waals surface area contributed by atoms with Crippen LogP contribution in [0.3, 0.4) is 0 Å². The zero-order chi connectivity index (χ0) is 12.1. The number of hydrogen-bond acceptors (Lipinski definition) is 4. The molecule has 2 rings (SSSR count). The summed E-state index contributed by atoms with van der Waals surface area (Å²) in [5.74, 6) is 2.28. The van der Waals surface area contributed by atoms with Gasteiger partial charge in [0.1, 0.15) is 0 Å². The molecule has 1 fully saturated rings. The van der Waals surface area contributed by atoms with E-state index in [1.807, 2.05) is 6.92 Å². The molecule has 17 heavy (non-hydrogen) atoms. The summed E-state index contributed by atoms with van der Waals surface area (Å²) in [6.07, 6.45) is 9.87. The highest BCUT2D eigenvalue weighted by Crippen LogP contribution is 2.27. The minimum Gasteiger partial charge on any atom is -0.339 e. The van der Waals surface area contributed by atoms with Gasteiger partial charge in [0.25, 0.3) is 0 Å². The van der Waals surface area contributed by atoms with Crippen LogP contribution in [0, 0.1) is 5.92 Å². The van der Waals surface area contributed by atoms with Gasteiger partial charge in [0, 0.05) is 6.42 Å². The second-order valence-electron chi connectivity index (χ2n) is 5.10. The molecule has 1 aromatic heterocycles. The van der Waals surface area contributed by atoms with Crippen LogP contribution in [0.1, 0.15) is 69.6 Å². The van der Waals surface area contributed by atoms with Gasteiger partial charge in [-0.2, -0.15) is 4.98 Å². The standard InChI is InChI=1S/C13H23N3O/c1-2-11(14)13-15-12(17-16-13)9-8-10-6-4-3-5-7-10/h10-11H,2-9,14H2,1H3. The maximum atomic E-state index is 5.86. The highest BCUT2D eigenvalue weighted by molar-refractivity contribution is 4.92. The first-order valence-corrected chi connectivity index (χ1v) is 6.87. The first kappa shape index (κ1) is 12.6. The Morgan fingerprint density at radius 1 is 1.35 bits per heavy atom. The third kappa shape index (κ3) is 3.53. The zero-order valence-corrected chi connectivity index (χ0v) is 10.7. The van der Waals surface area contributed by atoms with Crippen molar-refractivity contribution in [2.75, 3.05) is 0 Å². The first-order valence-electron chi connectivity index (χ1n) is 6.87. The molecule has 4 nitrogen and oxygen atoms in total. The van der Waals surface area contributed by atoms with Gasteiger partial charge < -0.3 is 10.3 Å². The molecule has 0 aliphatic heterocycles. The largest absolute Gasteiger partial charge is 0.339 e. The number of nitrogens with zero attached hydrogens (tertiary/aromatic N) is 2. The summed E-state index contributed by atoms with van der Waals surface area (Å²) in [7, 11) is 0. The van der Waals surface area contributed by atoms with E-state index >= 15 is 0 Å². The third-order valence-electron chi connectivity index (χ3n) is 3.75. The van der Waals surface area contributed by atoms with E-state index in [2.05, 4.69) is 10.1 Å². The van der Waals surface area contributed by atoms with Gasteiger partial charge in [-0.25, -0.2) is 0 Å². The fourth-order valence-corrected chi connectivity index (χ4v) is 2.51. The van der Waals surface area contributed by atoms with Gasteiger partial charge >= 0.3 is 0 Å². The van der Waals surface area contributed by atoms with Crippen molar-refractivity contribution in [3.63, 3.8) is 0 Å². The molecule has 1 aromatic rings. The Morgan fingerprint density at radius 3 is 2.82 bits per heavy atom. The normalized spacial score (nSPS) is 19.4. The average molecular weight is 237 g/mol. The zero-order valence-electron chi connectivity index (χ0n) is 10.7. The van der Waals surface area contributed by atoms with Crippen LogP contribution < -0.4 is 5.73 Å². The maximum absolute atomic E-state index is 5.86. The van der Waals surface area contributed by atoms with Crippen molar-refractivity contribution in [2.24, 2.45) is 11.7 Å². The predicted octanol–water partition coefficient (Wildman–Crippen LogP) is 2.99. The number of rotatable bonds is 5. The molecule has 96 valence electrons. The summed E-state index contributed by atoms with van der Waals surface area (Å²) in [5.41, 5.74) is 5.86. The lowest BCUT2D eigenvalue weighted by Crippen LogP contribution is -2.10. The number of aromatic nitrogens is 2. The second-order valence-corrected chi connectivity index (χ2v) is 5.10. The molecule has 1 aliphatic carbocycles. The molecule has 1 aliphatic rings. The molecule has 1 atom stereocenters. The van der Waals surface area contributed by atoms with Crippen LogP contribution in [0.25, 0.3) is 0 Å². The Balaban J connectivity index is 1.80. The van der Waals surface area contributed by atoms with Gasteiger partial charge in [0.15, 0.2) is 5.82 Å². The molecule has 0 radical (unpaired) electrons. The predicted molar refractivity (Wildman–Crippen MR) is 66.4 cm³/mol. The first-order chi connectivity index (χ1) is 8.29. The van der Waals surface area contributed by atoms with Crippen LogP contribution in [0.15, 0.2) is 4.52 Å². The molecule has 0 bridgehead atoms. The maximum Gasteiger partial charge on any atom is 0.226 e. The average Bonchev–Trinajstić information content (AvgIpc) is 2.85. The number of aryl methyl sites for hydroxylation is 1. The second kappa shape index (κ2) is 6.15. The highest BCUT2D eigenvalue weighted by atomic mass is 16.5. The van der Waals surface area contributed by atoms with Crippen molar-refractivity contribution in [3.8, 4) is 0 Å². The molecule has 1 saturated carbocycles. The van der Waals surface area contributed by atoms with E-state index in [1.165, 1.54) is 38.5 Å². The van der Waals surface area contributed by atoms with Crippen molar-refractivity contribution in [2.45, 2.75) is 64.3 Å². The Kier molecular flexibility index (Phi) is 4.54. The monoisotopic (exact) mass is 237 g/mol. The van der Waals surface area contributed by atoms with Crippen LogP contribution in [-0.4, -0.2) is 10.1 Å². The van der Waals surface area contributed by atoms with Crippen molar-refractivity contribution in [1.82, 2.24) is 10.1 Å². The van der Waals surface area contributed by atoms with E-state index in [1.54, 1.807) is 0 Å². The Labute approximate surface area is 103 Å². The summed E-state index contributed by atoms with van der Waals surface area (Å²) in [6.45, 7) is 2.03. The molecule has 2 N–H and O–H groups in total. The molecular weight excluding hydrogens is 214 g/mol. The summed E-state index contributed by atoms with van der Waals surface area (Å²) in [6, 6.07) is -0.0813. The Morgan fingerprint density at radius 2 is 2.12 bits per heavy atom. The van der Waals surface area contributed by atoms with E-state index in [0.29, 0.717) is 5.82 Å². The fraction of sp³-hybridized carbons (Fsp3) is 0.846. The number of nitrogens with two attached hydrogens (primary N) is 1. The quantitative estimate of drug-likeness (QED) is 0.855. The molecule has 0 aromatic carbocycles. The van der Waals surface area contributed by atoms with E-state index in [0.717, 1.165) is 24.7 Å². The van der Waals surface area contributed by atoms with Gasteiger partial charge in [-0.05, 0) is 18.8 Å². The summed E-state index contributed by atoms with van der Waals surface area (Å²) in [5, 5.41) is 3.94. The van der Waals surface area contributed by atoms with E-state index in [-0.39, 0.29) is 6.04 Å². The van der Waals surface area contributed by atoms with E-state index in [9.17, 15) is 0 Å².